The Balaban J connectivity index is 2.12. The van der Waals surface area contributed by atoms with Gasteiger partial charge in [0.1, 0.15) is 11.4 Å². The topological polar surface area (TPSA) is 87.0 Å². The number of phenolic OH excluding ortho intramolecular Hbond substituents is 1. The molecule has 0 spiro atoms. The SMILES string of the molecule is COc1cc(/C=C/C(O)=C/C(=O)/C=C/C2(O)C(C)=CCCC2(C)C)ccc1O. The lowest BCUT2D eigenvalue weighted by Crippen LogP contribution is -2.46. The second-order valence-corrected chi connectivity index (χ2v) is 7.65. The van der Waals surface area contributed by atoms with Crippen molar-refractivity contribution in [2.24, 2.45) is 5.41 Å². The molecule has 1 atom stereocenters. The molecular weight excluding hydrogens is 356 g/mol. The van der Waals surface area contributed by atoms with Crippen LogP contribution in [0.2, 0.25) is 0 Å². The molecule has 0 bridgehead atoms. The summed E-state index contributed by atoms with van der Waals surface area (Å²) in [7, 11) is 1.45. The van der Waals surface area contributed by atoms with Gasteiger partial charge in [0.05, 0.1) is 7.11 Å². The van der Waals surface area contributed by atoms with Crippen molar-refractivity contribution in [3.8, 4) is 11.5 Å². The highest BCUT2D eigenvalue weighted by Crippen LogP contribution is 2.45. The summed E-state index contributed by atoms with van der Waals surface area (Å²) in [6, 6.07) is 4.74. The number of rotatable bonds is 6. The highest BCUT2D eigenvalue weighted by Gasteiger charge is 2.44. The number of aliphatic hydroxyl groups excluding tert-OH is 1. The van der Waals surface area contributed by atoms with Gasteiger partial charge < -0.3 is 20.1 Å². The third-order valence-electron chi connectivity index (χ3n) is 5.28. The van der Waals surface area contributed by atoms with Crippen LogP contribution in [-0.2, 0) is 4.79 Å². The molecule has 1 aromatic carbocycles. The Kier molecular flexibility index (Phi) is 6.52. The summed E-state index contributed by atoms with van der Waals surface area (Å²) < 4.78 is 5.03. The highest BCUT2D eigenvalue weighted by molar-refractivity contribution is 6.00. The Labute approximate surface area is 166 Å². The van der Waals surface area contributed by atoms with Crippen LogP contribution in [0, 0.1) is 5.41 Å². The summed E-state index contributed by atoms with van der Waals surface area (Å²) >= 11 is 0. The Bertz CT molecular complexity index is 858. The average Bonchev–Trinajstić information content (AvgIpc) is 2.64. The first-order valence-corrected chi connectivity index (χ1v) is 9.17. The summed E-state index contributed by atoms with van der Waals surface area (Å²) in [6.07, 6.45) is 10.6. The van der Waals surface area contributed by atoms with Gasteiger partial charge in [0.15, 0.2) is 17.3 Å². The van der Waals surface area contributed by atoms with Gasteiger partial charge in [-0.05, 0) is 61.3 Å². The number of hydrogen-bond donors (Lipinski definition) is 3. The van der Waals surface area contributed by atoms with Crippen molar-refractivity contribution >= 4 is 11.9 Å². The number of ether oxygens (including phenoxy) is 1. The molecule has 1 aliphatic carbocycles. The zero-order valence-corrected chi connectivity index (χ0v) is 16.8. The minimum Gasteiger partial charge on any atom is -0.508 e. The van der Waals surface area contributed by atoms with E-state index in [9.17, 15) is 20.1 Å². The van der Waals surface area contributed by atoms with Gasteiger partial charge >= 0.3 is 0 Å². The number of carbonyl (C=O) groups excluding carboxylic acids is 1. The number of methoxy groups -OCH3 is 1. The number of carbonyl (C=O) groups is 1. The zero-order chi connectivity index (χ0) is 20.9. The third-order valence-corrected chi connectivity index (χ3v) is 5.28. The molecule has 0 saturated carbocycles. The molecule has 0 aliphatic heterocycles. The first-order chi connectivity index (χ1) is 13.1. The molecule has 0 radical (unpaired) electrons. The summed E-state index contributed by atoms with van der Waals surface area (Å²) in [5, 5.41) is 30.6. The quantitative estimate of drug-likeness (QED) is 0.291. The van der Waals surface area contributed by atoms with Crippen molar-refractivity contribution < 1.29 is 24.9 Å². The molecule has 2 rings (SSSR count). The molecule has 1 unspecified atom stereocenters. The lowest BCUT2D eigenvalue weighted by Gasteiger charge is -2.44. The number of allylic oxidation sites excluding steroid dienone is 4. The smallest absolute Gasteiger partial charge is 0.182 e. The number of phenols is 1. The second-order valence-electron chi connectivity index (χ2n) is 7.65. The van der Waals surface area contributed by atoms with E-state index in [4.69, 9.17) is 4.74 Å². The number of hydrogen-bond acceptors (Lipinski definition) is 5. The number of benzene rings is 1. The average molecular weight is 384 g/mol. The zero-order valence-electron chi connectivity index (χ0n) is 16.8. The fraction of sp³-hybridized carbons (Fsp3) is 0.348. The first kappa shape index (κ1) is 21.5. The van der Waals surface area contributed by atoms with E-state index in [0.717, 1.165) is 24.5 Å². The summed E-state index contributed by atoms with van der Waals surface area (Å²) in [6.45, 7) is 5.80. The van der Waals surface area contributed by atoms with Crippen LogP contribution in [0.4, 0.5) is 0 Å². The van der Waals surface area contributed by atoms with Gasteiger partial charge in [-0.2, -0.15) is 0 Å². The lowest BCUT2D eigenvalue weighted by atomic mass is 9.65. The Morgan fingerprint density at radius 3 is 2.61 bits per heavy atom. The van der Waals surface area contributed by atoms with Crippen LogP contribution in [0.15, 0.2) is 59.9 Å². The fourth-order valence-corrected chi connectivity index (χ4v) is 3.31. The number of aliphatic hydroxyl groups is 2. The minimum absolute atomic E-state index is 0.0210. The van der Waals surface area contributed by atoms with Crippen LogP contribution < -0.4 is 4.74 Å². The molecule has 0 heterocycles. The lowest BCUT2D eigenvalue weighted by molar-refractivity contribution is -0.110. The van der Waals surface area contributed by atoms with E-state index in [1.165, 1.54) is 31.4 Å². The van der Waals surface area contributed by atoms with Gasteiger partial charge in [-0.25, -0.2) is 0 Å². The maximum atomic E-state index is 12.2. The van der Waals surface area contributed by atoms with E-state index < -0.39 is 11.4 Å². The summed E-state index contributed by atoms with van der Waals surface area (Å²) in [4.78, 5) is 12.2. The Morgan fingerprint density at radius 1 is 1.25 bits per heavy atom. The molecule has 3 N–H and O–H groups in total. The Morgan fingerprint density at radius 2 is 1.96 bits per heavy atom. The summed E-state index contributed by atoms with van der Waals surface area (Å²) in [5.74, 6) is -0.305. The molecular formula is C23H28O5. The molecule has 0 fully saturated rings. The molecule has 150 valence electrons. The Hall–Kier alpha value is -2.79. The molecule has 1 aliphatic rings. The third kappa shape index (κ3) is 4.73. The van der Waals surface area contributed by atoms with Crippen molar-refractivity contribution in [3.63, 3.8) is 0 Å². The molecule has 0 aromatic heterocycles. The first-order valence-electron chi connectivity index (χ1n) is 9.17. The second kappa shape index (κ2) is 8.48. The van der Waals surface area contributed by atoms with Crippen LogP contribution in [0.25, 0.3) is 6.08 Å². The van der Waals surface area contributed by atoms with Gasteiger partial charge in [0.25, 0.3) is 0 Å². The van der Waals surface area contributed by atoms with Gasteiger partial charge in [0.2, 0.25) is 0 Å². The van der Waals surface area contributed by atoms with E-state index in [2.05, 4.69) is 0 Å². The normalized spacial score (nSPS) is 22.5. The van der Waals surface area contributed by atoms with Crippen molar-refractivity contribution in [1.82, 2.24) is 0 Å². The molecule has 5 nitrogen and oxygen atoms in total. The van der Waals surface area contributed by atoms with Gasteiger partial charge in [-0.15, -0.1) is 0 Å². The van der Waals surface area contributed by atoms with Crippen LogP contribution in [0.1, 0.15) is 39.2 Å². The monoisotopic (exact) mass is 384 g/mol. The van der Waals surface area contributed by atoms with Crippen LogP contribution >= 0.6 is 0 Å². The molecule has 1 aromatic rings. The maximum Gasteiger partial charge on any atom is 0.182 e. The predicted molar refractivity (Wildman–Crippen MR) is 110 cm³/mol. The van der Waals surface area contributed by atoms with E-state index >= 15 is 0 Å². The van der Waals surface area contributed by atoms with Crippen LogP contribution in [0.5, 0.6) is 11.5 Å². The van der Waals surface area contributed by atoms with Crippen LogP contribution in [0.3, 0.4) is 0 Å². The van der Waals surface area contributed by atoms with Gasteiger partial charge in [-0.3, -0.25) is 4.79 Å². The van der Waals surface area contributed by atoms with Crippen molar-refractivity contribution in [2.45, 2.75) is 39.2 Å². The molecule has 28 heavy (non-hydrogen) atoms. The van der Waals surface area contributed by atoms with E-state index in [1.54, 1.807) is 18.2 Å². The van der Waals surface area contributed by atoms with Gasteiger partial charge in [0, 0.05) is 11.5 Å². The number of aromatic hydroxyl groups is 1. The molecule has 0 saturated heterocycles. The summed E-state index contributed by atoms with van der Waals surface area (Å²) in [5.41, 5.74) is -0.0616. The van der Waals surface area contributed by atoms with Crippen LogP contribution in [-0.4, -0.2) is 33.8 Å². The highest BCUT2D eigenvalue weighted by atomic mass is 16.5. The van der Waals surface area contributed by atoms with E-state index in [0.29, 0.717) is 11.3 Å². The molecule has 0 amide bonds. The molecule has 5 heteroatoms. The van der Waals surface area contributed by atoms with Gasteiger partial charge in [-0.1, -0.05) is 32.1 Å². The van der Waals surface area contributed by atoms with Crippen molar-refractivity contribution in [1.29, 1.82) is 0 Å². The van der Waals surface area contributed by atoms with Crippen molar-refractivity contribution in [3.05, 3.63) is 65.5 Å². The minimum atomic E-state index is -1.19. The predicted octanol–water partition coefficient (Wildman–Crippen LogP) is 4.48. The fourth-order valence-electron chi connectivity index (χ4n) is 3.31. The van der Waals surface area contributed by atoms with Crippen molar-refractivity contribution in [2.75, 3.05) is 7.11 Å². The maximum absolute atomic E-state index is 12.2. The number of ketones is 1. The standard InChI is InChI=1S/C23H28O5/c1-16-6-5-12-22(2,3)23(16,27)13-11-19(25)15-18(24)9-7-17-8-10-20(26)21(14-17)28-4/h6-11,13-15,24,26-27H,5,12H2,1-4H3/b9-7+,13-11+,18-15-. The van der Waals surface area contributed by atoms with E-state index in [-0.39, 0.29) is 16.9 Å². The largest absolute Gasteiger partial charge is 0.508 e. The van der Waals surface area contributed by atoms with E-state index in [1.807, 2.05) is 26.8 Å².